The Hall–Kier alpha value is -2.26. The fourth-order valence-electron chi connectivity index (χ4n) is 2.79. The van der Waals surface area contributed by atoms with Crippen LogP contribution in [0.1, 0.15) is 43.0 Å². The Morgan fingerprint density at radius 1 is 1.27 bits per heavy atom. The Labute approximate surface area is 129 Å². The normalized spacial score (nSPS) is 16.5. The van der Waals surface area contributed by atoms with E-state index >= 15 is 0 Å². The first kappa shape index (κ1) is 14.7. The summed E-state index contributed by atoms with van der Waals surface area (Å²) in [5.41, 5.74) is 3.54. The van der Waals surface area contributed by atoms with Gasteiger partial charge in [-0.05, 0) is 44.4 Å². The molecule has 0 N–H and O–H groups in total. The van der Waals surface area contributed by atoms with E-state index in [1.165, 1.54) is 5.56 Å². The summed E-state index contributed by atoms with van der Waals surface area (Å²) in [6, 6.07) is 4.01. The fraction of sp³-hybridized carbons (Fsp3) is 0.471. The molecule has 0 atom stereocenters. The lowest BCUT2D eigenvalue weighted by atomic mass is 9.94. The number of fused-ring (bicyclic) bond motifs is 2. The van der Waals surface area contributed by atoms with Gasteiger partial charge in [-0.3, -0.25) is 0 Å². The van der Waals surface area contributed by atoms with Gasteiger partial charge in [0.2, 0.25) is 5.76 Å². The Balaban J connectivity index is 1.84. The molecular weight excluding hydrogens is 282 g/mol. The van der Waals surface area contributed by atoms with Gasteiger partial charge in [-0.2, -0.15) is 0 Å². The van der Waals surface area contributed by atoms with E-state index in [-0.39, 0.29) is 11.9 Å². The van der Waals surface area contributed by atoms with Crippen LogP contribution in [0.2, 0.25) is 0 Å². The van der Waals surface area contributed by atoms with Crippen molar-refractivity contribution in [2.75, 3.05) is 6.54 Å². The van der Waals surface area contributed by atoms with E-state index in [1.807, 2.05) is 32.8 Å². The lowest BCUT2D eigenvalue weighted by molar-refractivity contribution is 0.0224. The number of benzene rings is 1. The molecule has 2 heterocycles. The van der Waals surface area contributed by atoms with Crippen molar-refractivity contribution < 1.29 is 19.1 Å². The van der Waals surface area contributed by atoms with Crippen molar-refractivity contribution in [3.05, 3.63) is 34.4 Å². The molecule has 2 aliphatic heterocycles. The first-order valence-corrected chi connectivity index (χ1v) is 7.38. The number of nitrogens with zero attached hydrogens (tertiary/aromatic N) is 1. The molecule has 0 saturated carbocycles. The third kappa shape index (κ3) is 2.72. The molecule has 0 aromatic heterocycles. The van der Waals surface area contributed by atoms with Crippen LogP contribution >= 0.6 is 0 Å². The molecule has 0 saturated heterocycles. The molecule has 0 unspecified atom stereocenters. The number of carbonyl (C=O) groups excluding carboxylic acids is 2. The van der Waals surface area contributed by atoms with Crippen molar-refractivity contribution in [3.63, 3.8) is 0 Å². The third-order valence-corrected chi connectivity index (χ3v) is 3.80. The van der Waals surface area contributed by atoms with Gasteiger partial charge in [0.25, 0.3) is 0 Å². The number of hydrogen-bond acceptors (Lipinski definition) is 4. The standard InChI is InChI=1S/C17H19NO4/c1-17(2,3)22-16(20)18-5-4-11-6-13-10-21-15(9-19)14(13)7-12(11)8-18/h6-7H,4-5,8,10H2,1-3H3. The quantitative estimate of drug-likeness (QED) is 0.691. The highest BCUT2D eigenvalue weighted by atomic mass is 16.6. The average molecular weight is 301 g/mol. The second kappa shape index (κ2) is 5.18. The average Bonchev–Trinajstić information content (AvgIpc) is 2.84. The maximum absolute atomic E-state index is 12.2. The number of carbonyl (C=O) groups is 1. The Morgan fingerprint density at radius 2 is 2.05 bits per heavy atom. The summed E-state index contributed by atoms with van der Waals surface area (Å²) in [5.74, 6) is 2.09. The minimum atomic E-state index is -0.503. The maximum atomic E-state index is 12.2. The van der Waals surface area contributed by atoms with Crippen molar-refractivity contribution in [1.29, 1.82) is 0 Å². The van der Waals surface area contributed by atoms with Crippen LogP contribution in [0.3, 0.4) is 0 Å². The van der Waals surface area contributed by atoms with Gasteiger partial charge >= 0.3 is 6.09 Å². The summed E-state index contributed by atoms with van der Waals surface area (Å²) in [6.07, 6.45) is 0.475. The van der Waals surface area contributed by atoms with Gasteiger partial charge in [0.1, 0.15) is 12.2 Å². The summed E-state index contributed by atoms with van der Waals surface area (Å²) >= 11 is 0. The Morgan fingerprint density at radius 3 is 2.73 bits per heavy atom. The lowest BCUT2D eigenvalue weighted by Crippen LogP contribution is -2.39. The summed E-state index contributed by atoms with van der Waals surface area (Å²) in [4.78, 5) is 24.8. The number of hydrogen-bond donors (Lipinski definition) is 0. The SMILES string of the molecule is CC(C)(C)OC(=O)N1CCc2cc3c(cc2C1)C(=C=O)OC3. The van der Waals surface area contributed by atoms with Crippen LogP contribution in [0.25, 0.3) is 5.76 Å². The highest BCUT2D eigenvalue weighted by Gasteiger charge is 2.28. The predicted octanol–water partition coefficient (Wildman–Crippen LogP) is 2.68. The van der Waals surface area contributed by atoms with E-state index in [4.69, 9.17) is 9.47 Å². The van der Waals surface area contributed by atoms with Crippen LogP contribution in [-0.4, -0.2) is 29.1 Å². The molecule has 1 amide bonds. The fourth-order valence-corrected chi connectivity index (χ4v) is 2.79. The molecule has 3 rings (SSSR count). The number of rotatable bonds is 0. The molecule has 2 aliphatic rings. The molecule has 0 bridgehead atoms. The smallest absolute Gasteiger partial charge is 0.410 e. The molecule has 0 radical (unpaired) electrons. The van der Waals surface area contributed by atoms with E-state index in [1.54, 1.807) is 4.90 Å². The summed E-state index contributed by atoms with van der Waals surface area (Å²) < 4.78 is 10.7. The second-order valence-electron chi connectivity index (χ2n) is 6.65. The van der Waals surface area contributed by atoms with Gasteiger partial charge < -0.3 is 14.4 Å². The molecule has 116 valence electrons. The molecular formula is C17H19NO4. The van der Waals surface area contributed by atoms with Crippen molar-refractivity contribution in [1.82, 2.24) is 4.90 Å². The van der Waals surface area contributed by atoms with Crippen LogP contribution in [-0.2, 0) is 33.8 Å². The van der Waals surface area contributed by atoms with Crippen LogP contribution in [0.15, 0.2) is 12.1 Å². The van der Waals surface area contributed by atoms with Crippen molar-refractivity contribution in [2.45, 2.75) is 45.9 Å². The first-order valence-electron chi connectivity index (χ1n) is 7.38. The van der Waals surface area contributed by atoms with Gasteiger partial charge in [0.05, 0.1) is 0 Å². The molecule has 1 aromatic rings. The zero-order chi connectivity index (χ0) is 15.9. The highest BCUT2D eigenvalue weighted by molar-refractivity contribution is 5.86. The van der Waals surface area contributed by atoms with Gasteiger partial charge in [0, 0.05) is 24.2 Å². The van der Waals surface area contributed by atoms with Crippen molar-refractivity contribution in [3.8, 4) is 0 Å². The van der Waals surface area contributed by atoms with Crippen molar-refractivity contribution >= 4 is 17.8 Å². The number of amides is 1. The molecule has 0 fully saturated rings. The topological polar surface area (TPSA) is 55.8 Å². The summed E-state index contributed by atoms with van der Waals surface area (Å²) in [7, 11) is 0. The van der Waals surface area contributed by atoms with Crippen molar-refractivity contribution in [2.24, 2.45) is 0 Å². The largest absolute Gasteiger partial charge is 0.478 e. The van der Waals surface area contributed by atoms with E-state index in [2.05, 4.69) is 6.07 Å². The molecule has 0 spiro atoms. The van der Waals surface area contributed by atoms with E-state index in [0.717, 1.165) is 23.1 Å². The summed E-state index contributed by atoms with van der Waals surface area (Å²) in [6.45, 7) is 7.11. The minimum Gasteiger partial charge on any atom is -0.478 e. The lowest BCUT2D eigenvalue weighted by Gasteiger charge is -2.31. The third-order valence-electron chi connectivity index (χ3n) is 3.80. The van der Waals surface area contributed by atoms with Gasteiger partial charge in [-0.15, -0.1) is 0 Å². The van der Waals surface area contributed by atoms with Crippen LogP contribution < -0.4 is 0 Å². The molecule has 22 heavy (non-hydrogen) atoms. The van der Waals surface area contributed by atoms with Gasteiger partial charge in [-0.25, -0.2) is 9.59 Å². The molecule has 5 heteroatoms. The van der Waals surface area contributed by atoms with Gasteiger partial charge in [-0.1, -0.05) is 6.07 Å². The second-order valence-corrected chi connectivity index (χ2v) is 6.65. The molecule has 1 aromatic carbocycles. The van der Waals surface area contributed by atoms with Gasteiger partial charge in [0.15, 0.2) is 5.94 Å². The van der Waals surface area contributed by atoms with Crippen LogP contribution in [0, 0.1) is 0 Å². The van der Waals surface area contributed by atoms with Crippen LogP contribution in [0.5, 0.6) is 0 Å². The monoisotopic (exact) mass is 301 g/mol. The predicted molar refractivity (Wildman–Crippen MR) is 80.7 cm³/mol. The first-order chi connectivity index (χ1) is 10.4. The zero-order valence-electron chi connectivity index (χ0n) is 13.1. The zero-order valence-corrected chi connectivity index (χ0v) is 13.1. The maximum Gasteiger partial charge on any atom is 0.410 e. The van der Waals surface area contributed by atoms with Crippen LogP contribution in [0.4, 0.5) is 4.79 Å². The Kier molecular flexibility index (Phi) is 3.45. The van der Waals surface area contributed by atoms with E-state index in [0.29, 0.717) is 19.7 Å². The van der Waals surface area contributed by atoms with E-state index < -0.39 is 5.60 Å². The summed E-state index contributed by atoms with van der Waals surface area (Å²) in [5, 5.41) is 0. The van der Waals surface area contributed by atoms with E-state index in [9.17, 15) is 9.59 Å². The molecule has 0 aliphatic carbocycles. The molecule has 5 nitrogen and oxygen atoms in total. The number of ether oxygens (including phenoxy) is 2. The Bertz CT molecular complexity index is 681. The highest BCUT2D eigenvalue weighted by Crippen LogP contribution is 2.32. The minimum absolute atomic E-state index is 0.257.